The number of rotatable bonds is 5. The molecule has 1 saturated carbocycles. The second kappa shape index (κ2) is 10.1. The molecule has 1 atom stereocenters. The molecular weight excluding hydrogens is 469 g/mol. The highest BCUT2D eigenvalue weighted by molar-refractivity contribution is 6.07. The van der Waals surface area contributed by atoms with Crippen LogP contribution in [0.3, 0.4) is 0 Å². The fraction of sp³-hybridized carbons (Fsp3) is 0.640. The van der Waals surface area contributed by atoms with E-state index in [9.17, 15) is 14.4 Å². The molecule has 0 radical (unpaired) electrons. The maximum atomic E-state index is 15.5. The molecule has 1 heterocycles. The van der Waals surface area contributed by atoms with Gasteiger partial charge >= 0.3 is 12.2 Å². The molecule has 1 aromatic rings. The first-order valence-electron chi connectivity index (χ1n) is 12.2. The number of ether oxygens (including phenoxy) is 2. The van der Waals surface area contributed by atoms with Gasteiger partial charge < -0.3 is 25.0 Å². The van der Waals surface area contributed by atoms with Crippen LogP contribution in [-0.2, 0) is 9.47 Å². The van der Waals surface area contributed by atoms with E-state index in [-0.39, 0.29) is 17.6 Å². The summed E-state index contributed by atoms with van der Waals surface area (Å²) in [6.07, 6.45) is 0.906. The Hall–Kier alpha value is -3.08. The van der Waals surface area contributed by atoms with Gasteiger partial charge in [-0.1, -0.05) is 0 Å². The van der Waals surface area contributed by atoms with Crippen LogP contribution < -0.4 is 21.4 Å². The van der Waals surface area contributed by atoms with E-state index in [1.807, 2.05) is 4.90 Å². The highest BCUT2D eigenvalue weighted by Gasteiger charge is 2.34. The Morgan fingerprint density at radius 1 is 1.06 bits per heavy atom. The van der Waals surface area contributed by atoms with E-state index in [0.717, 1.165) is 18.9 Å². The van der Waals surface area contributed by atoms with E-state index in [4.69, 9.17) is 15.3 Å². The summed E-state index contributed by atoms with van der Waals surface area (Å²) in [5.74, 6) is 4.29. The number of carbonyl (C=O) groups is 3. The summed E-state index contributed by atoms with van der Waals surface area (Å²) in [4.78, 5) is 39.5. The van der Waals surface area contributed by atoms with E-state index < -0.39 is 35.1 Å². The van der Waals surface area contributed by atoms with Crippen molar-refractivity contribution < 1.29 is 28.2 Å². The number of nitrogens with zero attached hydrogens (tertiary/aromatic N) is 2. The van der Waals surface area contributed by atoms with Crippen molar-refractivity contribution in [2.75, 3.05) is 23.3 Å². The first-order chi connectivity index (χ1) is 16.6. The van der Waals surface area contributed by atoms with Crippen LogP contribution in [0.2, 0.25) is 0 Å². The molecule has 0 spiro atoms. The van der Waals surface area contributed by atoms with Gasteiger partial charge in [0.05, 0.1) is 23.0 Å². The lowest BCUT2D eigenvalue weighted by molar-refractivity contribution is 0.0239. The third-order valence-electron chi connectivity index (χ3n) is 5.69. The average molecular weight is 508 g/mol. The SMILES string of the molecule is Cc1c(NC2CC2)c(C(=O)N(N)C(=O)OC(C)(C)C)cc(F)c1N1CCC(NC(=O)OC(C)(C)C)C1. The van der Waals surface area contributed by atoms with Gasteiger partial charge in [-0.05, 0) is 79.4 Å². The van der Waals surface area contributed by atoms with Crippen LogP contribution in [0, 0.1) is 12.7 Å². The van der Waals surface area contributed by atoms with Crippen LogP contribution in [0.15, 0.2) is 6.07 Å². The molecule has 0 aromatic heterocycles. The minimum absolute atomic E-state index is 0.0448. The van der Waals surface area contributed by atoms with Gasteiger partial charge in [0.25, 0.3) is 5.91 Å². The molecule has 3 rings (SSSR count). The van der Waals surface area contributed by atoms with Crippen LogP contribution in [0.1, 0.15) is 76.7 Å². The number of hydrogen-bond acceptors (Lipinski definition) is 8. The molecule has 36 heavy (non-hydrogen) atoms. The molecule has 10 nitrogen and oxygen atoms in total. The molecular formula is C25H38FN5O5. The van der Waals surface area contributed by atoms with Crippen LogP contribution in [-0.4, -0.2) is 59.5 Å². The maximum absolute atomic E-state index is 15.5. The molecule has 200 valence electrons. The summed E-state index contributed by atoms with van der Waals surface area (Å²) in [5, 5.41) is 6.50. The van der Waals surface area contributed by atoms with E-state index in [1.165, 1.54) is 0 Å². The van der Waals surface area contributed by atoms with Crippen molar-refractivity contribution in [3.63, 3.8) is 0 Å². The highest BCUT2D eigenvalue weighted by Crippen LogP contribution is 2.38. The molecule has 11 heteroatoms. The predicted molar refractivity (Wildman–Crippen MR) is 134 cm³/mol. The monoisotopic (exact) mass is 507 g/mol. The zero-order valence-electron chi connectivity index (χ0n) is 22.2. The number of nitrogens with one attached hydrogen (secondary N) is 2. The summed E-state index contributed by atoms with van der Waals surface area (Å²) in [5.41, 5.74) is -0.218. The Morgan fingerprint density at radius 2 is 1.67 bits per heavy atom. The molecule has 1 unspecified atom stereocenters. The summed E-state index contributed by atoms with van der Waals surface area (Å²) in [6, 6.07) is 1.04. The topological polar surface area (TPSA) is 126 Å². The number of hydrazine groups is 1. The molecule has 2 aliphatic rings. The van der Waals surface area contributed by atoms with Crippen LogP contribution in [0.4, 0.5) is 25.4 Å². The van der Waals surface area contributed by atoms with Gasteiger partial charge in [-0.3, -0.25) is 4.79 Å². The van der Waals surface area contributed by atoms with E-state index >= 15 is 4.39 Å². The number of halogens is 1. The number of amides is 3. The second-order valence-electron chi connectivity index (χ2n) is 11.4. The summed E-state index contributed by atoms with van der Waals surface area (Å²) >= 11 is 0. The van der Waals surface area contributed by atoms with Gasteiger partial charge in [0.2, 0.25) is 0 Å². The van der Waals surface area contributed by atoms with Crippen LogP contribution in [0.25, 0.3) is 0 Å². The fourth-order valence-corrected chi connectivity index (χ4v) is 4.02. The number of carbonyl (C=O) groups excluding carboxylic acids is 3. The predicted octanol–water partition coefficient (Wildman–Crippen LogP) is 4.06. The Kier molecular flexibility index (Phi) is 7.73. The average Bonchev–Trinajstić information content (AvgIpc) is 3.43. The van der Waals surface area contributed by atoms with Crippen molar-refractivity contribution in [3.05, 3.63) is 23.0 Å². The van der Waals surface area contributed by atoms with E-state index in [1.54, 1.807) is 48.5 Å². The Labute approximate surface area is 211 Å². The smallest absolute Gasteiger partial charge is 0.432 e. The molecule has 3 amide bonds. The standard InChI is InChI=1S/C25H38FN5O5/c1-14-19(28-15-8-9-15)17(21(32)31(27)23(34)36-25(5,6)7)12-18(26)20(14)30-11-10-16(13-30)29-22(33)35-24(2,3)4/h12,15-16,28H,8-11,13,27H2,1-7H3,(H,29,33). The number of alkyl carbamates (subject to hydrolysis) is 1. The van der Waals surface area contributed by atoms with Crippen molar-refractivity contribution in [3.8, 4) is 0 Å². The molecule has 1 aliphatic heterocycles. The number of imide groups is 1. The minimum atomic E-state index is -1.03. The third-order valence-corrected chi connectivity index (χ3v) is 5.69. The van der Waals surface area contributed by atoms with Gasteiger partial charge in [0, 0.05) is 19.1 Å². The Bertz CT molecular complexity index is 1030. The number of anilines is 2. The fourth-order valence-electron chi connectivity index (χ4n) is 4.02. The lowest BCUT2D eigenvalue weighted by Gasteiger charge is -2.27. The van der Waals surface area contributed by atoms with E-state index in [2.05, 4.69) is 10.6 Å². The molecule has 1 aliphatic carbocycles. The summed E-state index contributed by atoms with van der Waals surface area (Å²) < 4.78 is 26.0. The van der Waals surface area contributed by atoms with Crippen molar-refractivity contribution in [1.82, 2.24) is 10.3 Å². The quantitative estimate of drug-likeness (QED) is 0.309. The van der Waals surface area contributed by atoms with Crippen molar-refractivity contribution >= 4 is 29.5 Å². The highest BCUT2D eigenvalue weighted by atomic mass is 19.1. The zero-order valence-corrected chi connectivity index (χ0v) is 22.2. The lowest BCUT2D eigenvalue weighted by Crippen LogP contribution is -2.45. The number of nitrogens with two attached hydrogens (primary N) is 1. The molecule has 4 N–H and O–H groups in total. The van der Waals surface area contributed by atoms with Crippen molar-refractivity contribution in [1.29, 1.82) is 0 Å². The van der Waals surface area contributed by atoms with Gasteiger partial charge in [-0.2, -0.15) is 5.01 Å². The third kappa shape index (κ3) is 6.99. The van der Waals surface area contributed by atoms with Crippen molar-refractivity contribution in [2.45, 2.75) is 91.0 Å². The largest absolute Gasteiger partial charge is 0.444 e. The summed E-state index contributed by atoms with van der Waals surface area (Å²) in [7, 11) is 0. The Balaban J connectivity index is 1.85. The van der Waals surface area contributed by atoms with Crippen LogP contribution in [0.5, 0.6) is 0 Å². The first-order valence-corrected chi connectivity index (χ1v) is 12.2. The lowest BCUT2D eigenvalue weighted by atomic mass is 10.0. The normalized spacial score (nSPS) is 18.0. The van der Waals surface area contributed by atoms with E-state index in [0.29, 0.717) is 41.5 Å². The van der Waals surface area contributed by atoms with Gasteiger partial charge in [0.15, 0.2) is 0 Å². The van der Waals surface area contributed by atoms with Gasteiger partial charge in [0.1, 0.15) is 17.0 Å². The minimum Gasteiger partial charge on any atom is -0.444 e. The number of hydrogen-bond donors (Lipinski definition) is 3. The van der Waals surface area contributed by atoms with Crippen LogP contribution >= 0.6 is 0 Å². The van der Waals surface area contributed by atoms with Gasteiger partial charge in [-0.15, -0.1) is 0 Å². The maximum Gasteiger partial charge on any atom is 0.432 e. The van der Waals surface area contributed by atoms with Crippen molar-refractivity contribution in [2.24, 2.45) is 5.84 Å². The molecule has 1 aromatic carbocycles. The second-order valence-corrected chi connectivity index (χ2v) is 11.4. The zero-order chi connectivity index (χ0) is 27.0. The first kappa shape index (κ1) is 27.5. The molecule has 1 saturated heterocycles. The van der Waals surface area contributed by atoms with Gasteiger partial charge in [-0.25, -0.2) is 19.8 Å². The molecule has 0 bridgehead atoms. The summed E-state index contributed by atoms with van der Waals surface area (Å²) in [6.45, 7) is 12.9. The molecule has 2 fully saturated rings. The Morgan fingerprint density at radius 3 is 2.22 bits per heavy atom. The number of benzene rings is 1.